The van der Waals surface area contributed by atoms with Gasteiger partial charge >= 0.3 is 0 Å². The van der Waals surface area contributed by atoms with Crippen molar-refractivity contribution >= 4 is 31.3 Å². The van der Waals surface area contributed by atoms with Gasteiger partial charge in [0.05, 0.1) is 0 Å². The first kappa shape index (κ1) is 11.8. The van der Waals surface area contributed by atoms with E-state index in [1.165, 1.54) is 13.0 Å². The molecule has 0 radical (unpaired) electrons. The van der Waals surface area contributed by atoms with Gasteiger partial charge in [0.2, 0.25) is 5.91 Å². The fourth-order valence-electron chi connectivity index (χ4n) is 0.990. The Labute approximate surface area is 91.1 Å². The van der Waals surface area contributed by atoms with E-state index >= 15 is 0 Å². The van der Waals surface area contributed by atoms with Gasteiger partial charge in [-0.2, -0.15) is 0 Å². The van der Waals surface area contributed by atoms with Crippen molar-refractivity contribution in [1.29, 1.82) is 0 Å². The standard InChI is InChI=1S/C8H8ClNO4S/c1-5(11)10-6-2-3-7(12)8(4-6)15(9,13)14/h2-4,12H,1H3,(H,10,11). The fraction of sp³-hybridized carbons (Fsp3) is 0.125. The second kappa shape index (κ2) is 4.08. The molecule has 5 nitrogen and oxygen atoms in total. The van der Waals surface area contributed by atoms with Crippen LogP contribution in [-0.4, -0.2) is 19.4 Å². The highest BCUT2D eigenvalue weighted by Gasteiger charge is 2.16. The molecule has 1 rings (SSSR count). The normalized spacial score (nSPS) is 11.1. The number of hydrogen-bond donors (Lipinski definition) is 2. The molecule has 0 atom stereocenters. The van der Waals surface area contributed by atoms with Gasteiger partial charge in [0.1, 0.15) is 10.6 Å². The summed E-state index contributed by atoms with van der Waals surface area (Å²) in [5, 5.41) is 11.6. The molecule has 0 unspecified atom stereocenters. The van der Waals surface area contributed by atoms with Crippen molar-refractivity contribution in [3.8, 4) is 5.75 Å². The summed E-state index contributed by atoms with van der Waals surface area (Å²) in [4.78, 5) is 10.3. The van der Waals surface area contributed by atoms with Gasteiger partial charge in [-0.1, -0.05) is 0 Å². The lowest BCUT2D eigenvalue weighted by Gasteiger charge is -2.05. The van der Waals surface area contributed by atoms with E-state index in [4.69, 9.17) is 10.7 Å². The molecule has 2 N–H and O–H groups in total. The predicted octanol–water partition coefficient (Wildman–Crippen LogP) is 1.28. The molecule has 0 heterocycles. The quantitative estimate of drug-likeness (QED) is 0.611. The van der Waals surface area contributed by atoms with Gasteiger partial charge in [0.25, 0.3) is 9.05 Å². The van der Waals surface area contributed by atoms with Gasteiger partial charge in [0.15, 0.2) is 0 Å². The van der Waals surface area contributed by atoms with Gasteiger partial charge in [-0.3, -0.25) is 4.79 Å². The number of carbonyl (C=O) groups is 1. The Hall–Kier alpha value is -1.27. The summed E-state index contributed by atoms with van der Waals surface area (Å²) in [5.41, 5.74) is 0.250. The summed E-state index contributed by atoms with van der Waals surface area (Å²) >= 11 is 0. The monoisotopic (exact) mass is 249 g/mol. The number of phenolic OH excluding ortho intramolecular Hbond substituents is 1. The van der Waals surface area contributed by atoms with E-state index in [1.807, 2.05) is 0 Å². The molecule has 1 amide bonds. The van der Waals surface area contributed by atoms with E-state index < -0.39 is 19.7 Å². The van der Waals surface area contributed by atoms with Crippen molar-refractivity contribution in [2.45, 2.75) is 11.8 Å². The van der Waals surface area contributed by atoms with Gasteiger partial charge < -0.3 is 10.4 Å². The highest BCUT2D eigenvalue weighted by molar-refractivity contribution is 8.13. The van der Waals surface area contributed by atoms with Crippen molar-refractivity contribution in [2.75, 3.05) is 5.32 Å². The van der Waals surface area contributed by atoms with Crippen LogP contribution in [-0.2, 0) is 13.8 Å². The zero-order valence-electron chi connectivity index (χ0n) is 7.69. The third kappa shape index (κ3) is 3.10. The Morgan fingerprint density at radius 2 is 2.07 bits per heavy atom. The Morgan fingerprint density at radius 3 is 2.53 bits per heavy atom. The van der Waals surface area contributed by atoms with Crippen molar-refractivity contribution < 1.29 is 18.3 Å². The van der Waals surface area contributed by atoms with Gasteiger partial charge in [-0.15, -0.1) is 0 Å². The maximum absolute atomic E-state index is 11.0. The lowest BCUT2D eigenvalue weighted by molar-refractivity contribution is -0.114. The maximum Gasteiger partial charge on any atom is 0.265 e. The number of rotatable bonds is 2. The molecule has 0 spiro atoms. The highest BCUT2D eigenvalue weighted by Crippen LogP contribution is 2.28. The molecular weight excluding hydrogens is 242 g/mol. The van der Waals surface area contributed by atoms with Crippen LogP contribution in [0.15, 0.2) is 23.1 Å². The lowest BCUT2D eigenvalue weighted by Crippen LogP contribution is -2.06. The summed E-state index contributed by atoms with van der Waals surface area (Å²) in [6.45, 7) is 1.28. The summed E-state index contributed by atoms with van der Waals surface area (Å²) < 4.78 is 22.0. The van der Waals surface area contributed by atoms with E-state index in [-0.39, 0.29) is 11.6 Å². The molecule has 0 fully saturated rings. The smallest absolute Gasteiger partial charge is 0.265 e. The SMILES string of the molecule is CC(=O)Nc1ccc(O)c(S(=O)(=O)Cl)c1. The van der Waals surface area contributed by atoms with E-state index in [2.05, 4.69) is 5.32 Å². The fourth-order valence-corrected chi connectivity index (χ4v) is 1.95. The molecule has 1 aromatic carbocycles. The number of amides is 1. The minimum absolute atomic E-state index is 0.250. The molecule has 0 aliphatic rings. The Balaban J connectivity index is 3.23. The van der Waals surface area contributed by atoms with E-state index in [0.29, 0.717) is 0 Å². The Bertz CT molecular complexity index is 497. The van der Waals surface area contributed by atoms with Crippen LogP contribution in [0.1, 0.15) is 6.92 Å². The number of carbonyl (C=O) groups excluding carboxylic acids is 1. The summed E-state index contributed by atoms with van der Waals surface area (Å²) in [5.74, 6) is -0.808. The second-order valence-corrected chi connectivity index (χ2v) is 5.34. The van der Waals surface area contributed by atoms with Crippen molar-refractivity contribution in [3.63, 3.8) is 0 Å². The number of hydrogen-bond acceptors (Lipinski definition) is 4. The summed E-state index contributed by atoms with van der Waals surface area (Å²) in [6.07, 6.45) is 0. The van der Waals surface area contributed by atoms with Crippen LogP contribution in [0.3, 0.4) is 0 Å². The minimum Gasteiger partial charge on any atom is -0.507 e. The van der Waals surface area contributed by atoms with Gasteiger partial charge in [0, 0.05) is 23.3 Å². The van der Waals surface area contributed by atoms with Crippen molar-refractivity contribution in [3.05, 3.63) is 18.2 Å². The van der Waals surface area contributed by atoms with Crippen LogP contribution in [0.2, 0.25) is 0 Å². The van der Waals surface area contributed by atoms with Crippen LogP contribution >= 0.6 is 10.7 Å². The first-order valence-corrected chi connectivity index (χ1v) is 6.17. The summed E-state index contributed by atoms with van der Waals surface area (Å²) in [6, 6.07) is 3.59. The van der Waals surface area contributed by atoms with Gasteiger partial charge in [-0.25, -0.2) is 8.42 Å². The van der Waals surface area contributed by atoms with Gasteiger partial charge in [-0.05, 0) is 18.2 Å². The molecule has 0 aliphatic heterocycles. The number of benzene rings is 1. The van der Waals surface area contributed by atoms with Crippen LogP contribution < -0.4 is 5.32 Å². The molecular formula is C8H8ClNO4S. The number of anilines is 1. The molecule has 1 aromatic rings. The molecule has 0 aliphatic carbocycles. The zero-order valence-corrected chi connectivity index (χ0v) is 9.26. The van der Waals surface area contributed by atoms with Crippen molar-refractivity contribution in [1.82, 2.24) is 0 Å². The number of aromatic hydroxyl groups is 1. The first-order chi connectivity index (χ1) is 6.80. The molecule has 7 heteroatoms. The molecule has 0 bridgehead atoms. The van der Waals surface area contributed by atoms with Crippen molar-refractivity contribution in [2.24, 2.45) is 0 Å². The van der Waals surface area contributed by atoms with E-state index in [1.54, 1.807) is 0 Å². The topological polar surface area (TPSA) is 83.5 Å². The third-order valence-electron chi connectivity index (χ3n) is 1.54. The lowest BCUT2D eigenvalue weighted by atomic mass is 10.3. The Morgan fingerprint density at radius 1 is 1.47 bits per heavy atom. The van der Waals surface area contributed by atoms with Crippen LogP contribution in [0, 0.1) is 0 Å². The molecule has 0 saturated heterocycles. The molecule has 0 saturated carbocycles. The number of halogens is 1. The average Bonchev–Trinajstić information content (AvgIpc) is 2.05. The van der Waals surface area contributed by atoms with E-state index in [0.717, 1.165) is 12.1 Å². The first-order valence-electron chi connectivity index (χ1n) is 3.86. The Kier molecular flexibility index (Phi) is 3.21. The van der Waals surface area contributed by atoms with Crippen LogP contribution in [0.4, 0.5) is 5.69 Å². The molecule has 0 aromatic heterocycles. The molecule has 82 valence electrons. The van der Waals surface area contributed by atoms with Crippen LogP contribution in [0.5, 0.6) is 5.75 Å². The highest BCUT2D eigenvalue weighted by atomic mass is 35.7. The number of nitrogens with one attached hydrogen (secondary N) is 1. The largest absolute Gasteiger partial charge is 0.507 e. The zero-order chi connectivity index (χ0) is 11.6. The average molecular weight is 250 g/mol. The van der Waals surface area contributed by atoms with E-state index in [9.17, 15) is 18.3 Å². The second-order valence-electron chi connectivity index (χ2n) is 2.80. The third-order valence-corrected chi connectivity index (χ3v) is 2.89. The minimum atomic E-state index is -4.02. The van der Waals surface area contributed by atoms with Crippen LogP contribution in [0.25, 0.3) is 0 Å². The maximum atomic E-state index is 11.0. The predicted molar refractivity (Wildman–Crippen MR) is 55.4 cm³/mol. The number of phenols is 1. The molecule has 15 heavy (non-hydrogen) atoms. The summed E-state index contributed by atoms with van der Waals surface area (Å²) in [7, 11) is 1.05.